The van der Waals surface area contributed by atoms with Crippen LogP contribution in [0.5, 0.6) is 0 Å². The van der Waals surface area contributed by atoms with Crippen molar-refractivity contribution in [2.45, 2.75) is 39.2 Å². The molecule has 3 aliphatic rings. The zero-order valence-electron chi connectivity index (χ0n) is 27.7. The maximum Gasteiger partial charge on any atom is 0.257 e. The van der Waals surface area contributed by atoms with Crippen molar-refractivity contribution in [1.82, 2.24) is 10.2 Å². The first-order valence-corrected chi connectivity index (χ1v) is 14.3. The second-order valence-corrected chi connectivity index (χ2v) is 11.4. The van der Waals surface area contributed by atoms with Gasteiger partial charge in [-0.05, 0) is 110 Å². The lowest BCUT2D eigenvalue weighted by atomic mass is 9.89. The number of hydrogen-bond acceptors (Lipinski definition) is 5. The standard InChI is InChI=1S/C34H39FN4O2/c1-23-15-26(19-29(35)16-23)17-25-3-4-27-22-36-33(32(27)20-25)37-34(40)31-6-5-30(39-11-9-38(2)10-12-39)21-28(31)18-24-7-13-41-14-8-24/h3-6,15-16,19-21,24H,7-14,17-18,22H2,1-2H3,(H,36,37,40)/i13D2,14D2. The lowest BCUT2D eigenvalue weighted by molar-refractivity contribution is 0.0664. The van der Waals surface area contributed by atoms with Crippen LogP contribution in [-0.4, -0.2) is 63.0 Å². The number of nitrogens with one attached hydrogen (secondary N) is 1. The molecule has 6 rings (SSSR count). The Hall–Kier alpha value is -3.55. The number of amides is 1. The summed E-state index contributed by atoms with van der Waals surface area (Å²) in [7, 11) is 2.10. The van der Waals surface area contributed by atoms with E-state index in [0.717, 1.165) is 65.2 Å². The quantitative estimate of drug-likeness (QED) is 0.456. The molecule has 3 aliphatic heterocycles. The second-order valence-electron chi connectivity index (χ2n) is 11.4. The fourth-order valence-corrected chi connectivity index (χ4v) is 5.90. The largest absolute Gasteiger partial charge is 0.381 e. The van der Waals surface area contributed by atoms with E-state index in [1.165, 1.54) is 6.07 Å². The summed E-state index contributed by atoms with van der Waals surface area (Å²) in [6.07, 6.45) is 0.976. The van der Waals surface area contributed by atoms with E-state index in [1.54, 1.807) is 6.07 Å². The average molecular weight is 559 g/mol. The fraction of sp³-hybridized carbons (Fsp3) is 0.412. The van der Waals surface area contributed by atoms with E-state index >= 15 is 0 Å². The van der Waals surface area contributed by atoms with Crippen LogP contribution in [0.3, 0.4) is 0 Å². The molecule has 0 spiro atoms. The normalized spacial score (nSPS) is 21.7. The van der Waals surface area contributed by atoms with Crippen molar-refractivity contribution in [3.8, 4) is 0 Å². The Morgan fingerprint density at radius 2 is 1.85 bits per heavy atom. The topological polar surface area (TPSA) is 57.2 Å². The minimum absolute atomic E-state index is 0.0417. The van der Waals surface area contributed by atoms with Crippen molar-refractivity contribution in [1.29, 1.82) is 0 Å². The number of carbonyl (C=O) groups excluding carboxylic acids is 1. The van der Waals surface area contributed by atoms with Crippen LogP contribution in [0.4, 0.5) is 10.1 Å². The highest BCUT2D eigenvalue weighted by atomic mass is 19.1. The van der Waals surface area contributed by atoms with Gasteiger partial charge in [0.2, 0.25) is 0 Å². The summed E-state index contributed by atoms with van der Waals surface area (Å²) in [4.78, 5) is 23.1. The van der Waals surface area contributed by atoms with E-state index in [4.69, 9.17) is 10.2 Å². The minimum Gasteiger partial charge on any atom is -0.381 e. The number of ether oxygens (including phenoxy) is 1. The van der Waals surface area contributed by atoms with Gasteiger partial charge in [-0.2, -0.15) is 0 Å². The summed E-state index contributed by atoms with van der Waals surface area (Å²) < 4.78 is 51.6. The molecule has 7 heteroatoms. The van der Waals surface area contributed by atoms with E-state index < -0.39 is 13.1 Å². The molecular weight excluding hydrogens is 515 g/mol. The van der Waals surface area contributed by atoms with E-state index in [-0.39, 0.29) is 30.5 Å². The van der Waals surface area contributed by atoms with Crippen molar-refractivity contribution in [2.24, 2.45) is 10.9 Å². The highest BCUT2D eigenvalue weighted by molar-refractivity contribution is 6.14. The van der Waals surface area contributed by atoms with Crippen molar-refractivity contribution in [3.63, 3.8) is 0 Å². The third-order valence-electron chi connectivity index (χ3n) is 8.18. The van der Waals surface area contributed by atoms with Gasteiger partial charge in [0.25, 0.3) is 5.91 Å². The molecule has 1 N–H and O–H groups in total. The van der Waals surface area contributed by atoms with Crippen molar-refractivity contribution in [3.05, 3.63) is 99.4 Å². The Balaban J connectivity index is 1.25. The molecule has 0 saturated carbocycles. The molecule has 2 fully saturated rings. The summed E-state index contributed by atoms with van der Waals surface area (Å²) in [6.45, 7) is 1.71. The first kappa shape index (κ1) is 23.1. The molecule has 0 unspecified atom stereocenters. The number of hydrogen-bond donors (Lipinski definition) is 1. The molecule has 3 aromatic carbocycles. The van der Waals surface area contributed by atoms with Crippen molar-refractivity contribution >= 4 is 17.4 Å². The van der Waals surface area contributed by atoms with Gasteiger partial charge in [-0.3, -0.25) is 9.79 Å². The number of fused-ring (bicyclic) bond motifs is 1. The number of likely N-dealkylation sites (N-methyl/N-ethyl adjacent to an activating group) is 1. The molecule has 1 amide bonds. The number of aliphatic imine (C=N–C) groups is 1. The van der Waals surface area contributed by atoms with Crippen LogP contribution in [0.25, 0.3) is 0 Å². The lowest BCUT2D eigenvalue weighted by Crippen LogP contribution is -2.44. The molecule has 3 aromatic rings. The van der Waals surface area contributed by atoms with Crippen LogP contribution < -0.4 is 10.2 Å². The number of halogens is 1. The number of anilines is 1. The smallest absolute Gasteiger partial charge is 0.257 e. The first-order valence-electron chi connectivity index (χ1n) is 16.3. The van der Waals surface area contributed by atoms with Crippen LogP contribution in [-0.2, 0) is 24.1 Å². The van der Waals surface area contributed by atoms with E-state index in [0.29, 0.717) is 30.8 Å². The zero-order chi connectivity index (χ0) is 31.9. The molecule has 0 radical (unpaired) electrons. The highest BCUT2D eigenvalue weighted by Crippen LogP contribution is 2.28. The number of nitrogens with zero attached hydrogens (tertiary/aromatic N) is 3. The predicted octanol–water partition coefficient (Wildman–Crippen LogP) is 5.14. The Morgan fingerprint density at radius 3 is 2.63 bits per heavy atom. The van der Waals surface area contributed by atoms with Gasteiger partial charge in [-0.1, -0.05) is 18.2 Å². The third-order valence-corrected chi connectivity index (χ3v) is 8.18. The monoisotopic (exact) mass is 558 g/mol. The molecule has 3 heterocycles. The van der Waals surface area contributed by atoms with E-state index in [9.17, 15) is 9.18 Å². The molecule has 0 aliphatic carbocycles. The lowest BCUT2D eigenvalue weighted by Gasteiger charge is -2.34. The Bertz CT molecular complexity index is 1600. The molecule has 2 saturated heterocycles. The fourth-order valence-electron chi connectivity index (χ4n) is 5.90. The van der Waals surface area contributed by atoms with Gasteiger partial charge in [0.05, 0.1) is 12.0 Å². The molecule has 6 nitrogen and oxygen atoms in total. The minimum atomic E-state index is -2.09. The summed E-state index contributed by atoms with van der Waals surface area (Å²) in [6, 6.07) is 16.8. The summed E-state index contributed by atoms with van der Waals surface area (Å²) in [5, 5.41) is 3.03. The number of carbonyl (C=O) groups is 1. The molecule has 41 heavy (non-hydrogen) atoms. The van der Waals surface area contributed by atoms with E-state index in [2.05, 4.69) is 27.2 Å². The summed E-state index contributed by atoms with van der Waals surface area (Å²) in [5.74, 6) is -0.439. The number of benzene rings is 3. The zero-order valence-corrected chi connectivity index (χ0v) is 23.7. The van der Waals surface area contributed by atoms with Crippen molar-refractivity contribution in [2.75, 3.05) is 51.2 Å². The van der Waals surface area contributed by atoms with Crippen LogP contribution in [0, 0.1) is 18.7 Å². The average Bonchev–Trinajstić information content (AvgIpc) is 3.33. The molecule has 0 atom stereocenters. The first-order chi connectivity index (χ1) is 21.3. The van der Waals surface area contributed by atoms with Crippen LogP contribution in [0.2, 0.25) is 0 Å². The SMILES string of the molecule is [2H]C1([2H])CC(Cc2cc(N3CCN(C)CC3)ccc2C(=O)NC2=NCc3ccc(Cc4cc(C)cc(F)c4)cc32)CC([2H])([2H])O1. The van der Waals surface area contributed by atoms with Crippen molar-refractivity contribution < 1.29 is 19.4 Å². The molecule has 0 aromatic heterocycles. The number of rotatable bonds is 6. The highest BCUT2D eigenvalue weighted by Gasteiger charge is 2.24. The Kier molecular flexibility index (Phi) is 6.82. The van der Waals surface area contributed by atoms with Gasteiger partial charge in [0.1, 0.15) is 11.7 Å². The number of amidine groups is 1. The maximum atomic E-state index is 14.0. The van der Waals surface area contributed by atoms with Gasteiger partial charge in [-0.15, -0.1) is 0 Å². The number of aryl methyl sites for hydroxylation is 1. The van der Waals surface area contributed by atoms with Gasteiger partial charge < -0.3 is 19.9 Å². The van der Waals surface area contributed by atoms with Crippen LogP contribution in [0.1, 0.15) is 62.1 Å². The molecule has 214 valence electrons. The Labute approximate surface area is 247 Å². The van der Waals surface area contributed by atoms with Gasteiger partial charge in [0.15, 0.2) is 0 Å². The third kappa shape index (κ3) is 6.52. The Morgan fingerprint density at radius 1 is 1.05 bits per heavy atom. The van der Waals surface area contributed by atoms with Gasteiger partial charge in [-0.25, -0.2) is 4.39 Å². The second kappa shape index (κ2) is 12.1. The summed E-state index contributed by atoms with van der Waals surface area (Å²) in [5.41, 5.74) is 6.77. The number of piperazine rings is 1. The van der Waals surface area contributed by atoms with Gasteiger partial charge in [0, 0.05) is 56.1 Å². The molecular formula is C34H39FN4O2. The van der Waals surface area contributed by atoms with Crippen LogP contribution >= 0.6 is 0 Å². The maximum absolute atomic E-state index is 14.0. The summed E-state index contributed by atoms with van der Waals surface area (Å²) >= 11 is 0. The van der Waals surface area contributed by atoms with Crippen LogP contribution in [0.15, 0.2) is 59.6 Å². The predicted molar refractivity (Wildman–Crippen MR) is 161 cm³/mol. The van der Waals surface area contributed by atoms with E-state index in [1.807, 2.05) is 49.4 Å². The van der Waals surface area contributed by atoms with Gasteiger partial charge >= 0.3 is 0 Å². The molecule has 0 bridgehead atoms.